The number of carbonyl (C=O) groups is 9. The van der Waals surface area contributed by atoms with Crippen LogP contribution >= 0.6 is 0 Å². The number of ether oxygens (including phenoxy) is 4. The summed E-state index contributed by atoms with van der Waals surface area (Å²) in [6.45, 7) is 9.09. The SMILES string of the molecule is CC[C@H](C)[C@@H]([C@@H](CC(=O)N1CCC[C@H]1[C@H](OC)[C@@H](C)C(=O)NCC(=O)O)OC)N(C)C(=O)CNC(=O)C(C)(C)NC(=O)CCOCCOCCC(=O)Nc1ccc(CCC(=O)N2CCC2=O)cc1. The number of rotatable bonds is 30. The summed E-state index contributed by atoms with van der Waals surface area (Å²) in [5.41, 5.74) is 0.138. The molecule has 0 saturated carbocycles. The molecule has 1 aromatic carbocycles. The molecular weight excluding hydrogens is 887 g/mol. The minimum absolute atomic E-state index is 0.0484. The van der Waals surface area contributed by atoms with E-state index in [-0.39, 0.29) is 88.2 Å². The fourth-order valence-corrected chi connectivity index (χ4v) is 8.21. The van der Waals surface area contributed by atoms with Crippen molar-refractivity contribution in [3.8, 4) is 0 Å². The van der Waals surface area contributed by atoms with Crippen molar-refractivity contribution >= 4 is 58.9 Å². The summed E-state index contributed by atoms with van der Waals surface area (Å²) in [7, 11) is 4.50. The van der Waals surface area contributed by atoms with E-state index in [0.29, 0.717) is 50.9 Å². The van der Waals surface area contributed by atoms with Crippen LogP contribution in [0.2, 0.25) is 0 Å². The van der Waals surface area contributed by atoms with Gasteiger partial charge in [-0.2, -0.15) is 0 Å². The molecule has 380 valence electrons. The number of hydrogen-bond donors (Lipinski definition) is 5. The molecule has 0 bridgehead atoms. The number of carboxylic acids is 1. The molecule has 68 heavy (non-hydrogen) atoms. The van der Waals surface area contributed by atoms with Crippen LogP contribution in [0.15, 0.2) is 24.3 Å². The molecule has 0 unspecified atom stereocenters. The Hall–Kier alpha value is -5.51. The molecule has 2 aliphatic heterocycles. The molecular formula is C47H73N7O14. The quantitative estimate of drug-likeness (QED) is 0.0537. The number of methoxy groups -OCH3 is 2. The molecule has 21 nitrogen and oxygen atoms in total. The zero-order chi connectivity index (χ0) is 50.6. The Morgan fingerprint density at radius 3 is 2.06 bits per heavy atom. The van der Waals surface area contributed by atoms with Gasteiger partial charge in [0.05, 0.1) is 76.0 Å². The van der Waals surface area contributed by atoms with Gasteiger partial charge in [0, 0.05) is 59.3 Å². The lowest BCUT2D eigenvalue weighted by Crippen LogP contribution is -2.57. The molecule has 2 fully saturated rings. The van der Waals surface area contributed by atoms with Crippen LogP contribution in [-0.2, 0) is 68.5 Å². The van der Waals surface area contributed by atoms with Crippen LogP contribution in [0.4, 0.5) is 5.69 Å². The highest BCUT2D eigenvalue weighted by Crippen LogP contribution is 2.29. The predicted molar refractivity (Wildman–Crippen MR) is 248 cm³/mol. The summed E-state index contributed by atoms with van der Waals surface area (Å²) in [6.07, 6.45) is 1.61. The van der Waals surface area contributed by atoms with Crippen molar-refractivity contribution in [1.29, 1.82) is 0 Å². The second kappa shape index (κ2) is 28.1. The van der Waals surface area contributed by atoms with Crippen LogP contribution in [0, 0.1) is 11.8 Å². The normalized spacial score (nSPS) is 16.9. The smallest absolute Gasteiger partial charge is 0.322 e. The van der Waals surface area contributed by atoms with Crippen LogP contribution in [-0.4, -0.2) is 177 Å². The monoisotopic (exact) mass is 960 g/mol. The molecule has 0 radical (unpaired) electrons. The van der Waals surface area contributed by atoms with Gasteiger partial charge in [-0.25, -0.2) is 0 Å². The van der Waals surface area contributed by atoms with E-state index in [1.807, 2.05) is 26.0 Å². The maximum Gasteiger partial charge on any atom is 0.322 e. The van der Waals surface area contributed by atoms with Crippen molar-refractivity contribution in [2.24, 2.45) is 11.8 Å². The van der Waals surface area contributed by atoms with Gasteiger partial charge in [-0.05, 0) is 56.7 Å². The fourth-order valence-electron chi connectivity index (χ4n) is 8.21. The van der Waals surface area contributed by atoms with Crippen LogP contribution < -0.4 is 21.3 Å². The lowest BCUT2D eigenvalue weighted by molar-refractivity contribution is -0.152. The second-order valence-corrected chi connectivity index (χ2v) is 17.8. The summed E-state index contributed by atoms with van der Waals surface area (Å²) in [6, 6.07) is 6.13. The van der Waals surface area contributed by atoms with Gasteiger partial charge in [-0.3, -0.25) is 48.1 Å². The average molecular weight is 960 g/mol. The van der Waals surface area contributed by atoms with Crippen LogP contribution in [0.1, 0.15) is 91.5 Å². The van der Waals surface area contributed by atoms with E-state index in [9.17, 15) is 43.2 Å². The van der Waals surface area contributed by atoms with Crippen molar-refractivity contribution in [2.45, 2.75) is 122 Å². The number of aryl methyl sites for hydroxylation is 1. The van der Waals surface area contributed by atoms with Crippen molar-refractivity contribution in [2.75, 3.05) is 79.2 Å². The fraction of sp³-hybridized carbons (Fsp3) is 0.681. The molecule has 2 aliphatic rings. The lowest BCUT2D eigenvalue weighted by Gasteiger charge is -2.39. The number of nitrogens with one attached hydrogen (secondary N) is 4. The molecule has 5 N–H and O–H groups in total. The number of carbonyl (C=O) groups excluding carboxylic acids is 8. The Kier molecular flexibility index (Phi) is 23.5. The third-order valence-corrected chi connectivity index (χ3v) is 12.5. The van der Waals surface area contributed by atoms with Gasteiger partial charge >= 0.3 is 5.97 Å². The van der Waals surface area contributed by atoms with Gasteiger partial charge in [-0.15, -0.1) is 0 Å². The van der Waals surface area contributed by atoms with Gasteiger partial charge < -0.3 is 55.1 Å². The maximum absolute atomic E-state index is 13.9. The van der Waals surface area contributed by atoms with E-state index in [4.69, 9.17) is 24.1 Å². The van der Waals surface area contributed by atoms with Crippen LogP contribution in [0.5, 0.6) is 0 Å². The van der Waals surface area contributed by atoms with Gasteiger partial charge in [0.25, 0.3) is 0 Å². The molecule has 3 rings (SSSR count). The summed E-state index contributed by atoms with van der Waals surface area (Å²) in [5, 5.41) is 19.4. The molecule has 0 aromatic heterocycles. The number of carboxylic acid groups (broad SMARTS) is 1. The highest BCUT2D eigenvalue weighted by atomic mass is 16.5. The Balaban J connectivity index is 1.37. The maximum atomic E-state index is 13.9. The van der Waals surface area contributed by atoms with E-state index in [1.165, 1.54) is 37.9 Å². The van der Waals surface area contributed by atoms with Gasteiger partial charge in [0.2, 0.25) is 47.3 Å². The Bertz CT molecular complexity index is 1900. The van der Waals surface area contributed by atoms with Crippen molar-refractivity contribution in [1.82, 2.24) is 30.7 Å². The number of imide groups is 1. The summed E-state index contributed by atoms with van der Waals surface area (Å²) in [4.78, 5) is 117. The van der Waals surface area contributed by atoms with E-state index in [1.54, 1.807) is 31.0 Å². The van der Waals surface area contributed by atoms with E-state index < -0.39 is 71.9 Å². The van der Waals surface area contributed by atoms with Crippen molar-refractivity contribution < 1.29 is 67.2 Å². The number of hydrogen-bond acceptors (Lipinski definition) is 13. The number of nitrogens with zero attached hydrogens (tertiary/aromatic N) is 3. The summed E-state index contributed by atoms with van der Waals surface area (Å²) in [5.74, 6) is -4.83. The topological polar surface area (TPSA) is 269 Å². The van der Waals surface area contributed by atoms with E-state index >= 15 is 0 Å². The standard InChI is InChI=1S/C47H73N7O14/c1-9-30(2)43(35(65-7)27-40(59)53-21-10-11-34(53)44(66-8)31(3)45(63)48-29-42(61)62)52(6)41(60)28-49-46(64)47(4,5)51-37(56)20-24-68-26-25-67-23-19-36(55)50-33-15-12-32(13-16-33)14-17-38(57)54-22-18-39(54)58/h12-13,15-16,30-31,34-35,43-44H,9-11,14,17-29H2,1-8H3,(H,48,63)(H,49,64)(H,50,55)(H,51,56)(H,61,62)/t30-,31+,34-,35+,43-,44+/m0/s1. The zero-order valence-corrected chi connectivity index (χ0v) is 40.9. The molecule has 6 atom stereocenters. The summed E-state index contributed by atoms with van der Waals surface area (Å²) < 4.78 is 22.5. The van der Waals surface area contributed by atoms with Gasteiger partial charge in [0.1, 0.15) is 12.1 Å². The molecule has 2 heterocycles. The zero-order valence-electron chi connectivity index (χ0n) is 40.9. The molecule has 21 heteroatoms. The Morgan fingerprint density at radius 2 is 1.50 bits per heavy atom. The highest BCUT2D eigenvalue weighted by molar-refractivity contribution is 5.99. The summed E-state index contributed by atoms with van der Waals surface area (Å²) >= 11 is 0. The van der Waals surface area contributed by atoms with E-state index in [0.717, 1.165) is 5.56 Å². The largest absolute Gasteiger partial charge is 0.480 e. The lowest BCUT2D eigenvalue weighted by atomic mass is 9.90. The Labute approximate surface area is 399 Å². The number of anilines is 1. The minimum Gasteiger partial charge on any atom is -0.480 e. The van der Waals surface area contributed by atoms with Crippen LogP contribution in [0.3, 0.4) is 0 Å². The number of aliphatic carboxylic acids is 1. The molecule has 1 aromatic rings. The highest BCUT2D eigenvalue weighted by Gasteiger charge is 2.42. The number of benzene rings is 1. The first-order chi connectivity index (χ1) is 32.2. The number of likely N-dealkylation sites (N-methyl/N-ethyl adjacent to an activating group) is 1. The number of β-lactam (4-membered cyclic amide) rings is 1. The molecule has 2 saturated heterocycles. The van der Waals surface area contributed by atoms with Crippen molar-refractivity contribution in [3.05, 3.63) is 29.8 Å². The number of amides is 8. The van der Waals surface area contributed by atoms with E-state index in [2.05, 4.69) is 21.3 Å². The van der Waals surface area contributed by atoms with Crippen LogP contribution in [0.25, 0.3) is 0 Å². The first-order valence-corrected chi connectivity index (χ1v) is 23.3. The van der Waals surface area contributed by atoms with Crippen molar-refractivity contribution in [3.63, 3.8) is 0 Å². The third kappa shape index (κ3) is 17.5. The predicted octanol–water partition coefficient (Wildman–Crippen LogP) is 1.26. The first kappa shape index (κ1) is 56.8. The van der Waals surface area contributed by atoms with Gasteiger partial charge in [-0.1, -0.05) is 39.3 Å². The first-order valence-electron chi connectivity index (χ1n) is 23.3. The molecule has 8 amide bonds. The minimum atomic E-state index is -1.38. The molecule has 0 aliphatic carbocycles. The number of likely N-dealkylation sites (tertiary alicyclic amines) is 2. The van der Waals surface area contributed by atoms with Gasteiger partial charge in [0.15, 0.2) is 0 Å². The second-order valence-electron chi connectivity index (χ2n) is 17.8. The average Bonchev–Trinajstić information content (AvgIpc) is 3.79. The Morgan fingerprint density at radius 1 is 0.853 bits per heavy atom. The third-order valence-electron chi connectivity index (χ3n) is 12.5. The molecule has 0 spiro atoms.